The molecule has 0 N–H and O–H groups in total. The van der Waals surface area contributed by atoms with Crippen LogP contribution in [0.5, 0.6) is 0 Å². The number of nitrogens with zero attached hydrogens (tertiary/aromatic N) is 1. The van der Waals surface area contributed by atoms with E-state index in [1.165, 1.54) is 11.3 Å². The number of anilines is 1. The molecule has 0 radical (unpaired) electrons. The molecule has 2 nitrogen and oxygen atoms in total. The number of benzene rings is 3. The Morgan fingerprint density at radius 3 is 2.04 bits per heavy atom. The summed E-state index contributed by atoms with van der Waals surface area (Å²) in [7, 11) is 0. The Hall–Kier alpha value is -2.87. The summed E-state index contributed by atoms with van der Waals surface area (Å²) in [5.41, 5.74) is 4.11. The predicted molar refractivity (Wildman–Crippen MR) is 107 cm³/mol. The van der Waals surface area contributed by atoms with Gasteiger partial charge in [-0.1, -0.05) is 72.8 Å². The van der Waals surface area contributed by atoms with Crippen molar-refractivity contribution in [1.82, 2.24) is 0 Å². The standard InChI is InChI=1S/C24H23NO/c1-18-23(16-17-25(18)22-10-6-3-7-11-22)19-12-14-21(15-13-19)24(26)20-8-4-2-5-9-20/h2-15,18,23H,16-17H2,1H3/t18-,23+/m1/s1. The van der Waals surface area contributed by atoms with Gasteiger partial charge in [-0.25, -0.2) is 0 Å². The molecule has 0 saturated carbocycles. The molecular weight excluding hydrogens is 318 g/mol. The van der Waals surface area contributed by atoms with E-state index >= 15 is 0 Å². The van der Waals surface area contributed by atoms with Crippen molar-refractivity contribution < 1.29 is 4.79 Å². The predicted octanol–water partition coefficient (Wildman–Crippen LogP) is 5.30. The van der Waals surface area contributed by atoms with E-state index in [1.54, 1.807) is 0 Å². The van der Waals surface area contributed by atoms with Crippen molar-refractivity contribution in [2.75, 3.05) is 11.4 Å². The van der Waals surface area contributed by atoms with Crippen molar-refractivity contribution >= 4 is 11.5 Å². The van der Waals surface area contributed by atoms with Crippen LogP contribution in [0, 0.1) is 0 Å². The van der Waals surface area contributed by atoms with Gasteiger partial charge in [-0.3, -0.25) is 4.79 Å². The molecule has 1 aliphatic heterocycles. The van der Waals surface area contributed by atoms with E-state index < -0.39 is 0 Å². The number of rotatable bonds is 4. The van der Waals surface area contributed by atoms with E-state index in [0.717, 1.165) is 24.1 Å². The van der Waals surface area contributed by atoms with Gasteiger partial charge in [0.15, 0.2) is 5.78 Å². The van der Waals surface area contributed by atoms with E-state index in [1.807, 2.05) is 42.5 Å². The average molecular weight is 341 g/mol. The summed E-state index contributed by atoms with van der Waals surface area (Å²) in [5.74, 6) is 0.582. The first-order valence-corrected chi connectivity index (χ1v) is 9.25. The molecule has 3 aromatic rings. The van der Waals surface area contributed by atoms with Crippen molar-refractivity contribution in [3.05, 3.63) is 102 Å². The zero-order valence-corrected chi connectivity index (χ0v) is 15.0. The molecule has 1 aliphatic rings. The van der Waals surface area contributed by atoms with Crippen LogP contribution >= 0.6 is 0 Å². The Morgan fingerprint density at radius 1 is 0.808 bits per heavy atom. The smallest absolute Gasteiger partial charge is 0.193 e. The highest BCUT2D eigenvalue weighted by Crippen LogP contribution is 2.36. The fraction of sp³-hybridized carbons (Fsp3) is 0.208. The van der Waals surface area contributed by atoms with Crippen LogP contribution in [-0.4, -0.2) is 18.4 Å². The maximum atomic E-state index is 12.6. The van der Waals surface area contributed by atoms with Gasteiger partial charge in [0.25, 0.3) is 0 Å². The maximum Gasteiger partial charge on any atom is 0.193 e. The minimum absolute atomic E-state index is 0.0857. The van der Waals surface area contributed by atoms with E-state index in [9.17, 15) is 4.79 Å². The Morgan fingerprint density at radius 2 is 1.38 bits per heavy atom. The molecule has 130 valence electrons. The first-order valence-electron chi connectivity index (χ1n) is 9.25. The summed E-state index contributed by atoms with van der Waals surface area (Å²) < 4.78 is 0. The highest BCUT2D eigenvalue weighted by Gasteiger charge is 2.31. The van der Waals surface area contributed by atoms with Crippen LogP contribution in [0.4, 0.5) is 5.69 Å². The van der Waals surface area contributed by atoms with Crippen LogP contribution in [0.3, 0.4) is 0 Å². The summed E-state index contributed by atoms with van der Waals surface area (Å²) in [6, 6.07) is 28.8. The summed E-state index contributed by atoms with van der Waals surface area (Å²) in [6.45, 7) is 3.37. The summed E-state index contributed by atoms with van der Waals surface area (Å²) >= 11 is 0. The molecule has 4 rings (SSSR count). The molecular formula is C24H23NO. The second kappa shape index (κ2) is 7.17. The largest absolute Gasteiger partial charge is 0.368 e. The van der Waals surface area contributed by atoms with E-state index in [-0.39, 0.29) is 5.78 Å². The van der Waals surface area contributed by atoms with Gasteiger partial charge >= 0.3 is 0 Å². The molecule has 1 fully saturated rings. The second-order valence-electron chi connectivity index (χ2n) is 6.98. The molecule has 0 amide bonds. The zero-order valence-electron chi connectivity index (χ0n) is 15.0. The maximum absolute atomic E-state index is 12.6. The average Bonchev–Trinajstić information content (AvgIpc) is 3.10. The van der Waals surface area contributed by atoms with E-state index in [4.69, 9.17) is 0 Å². The van der Waals surface area contributed by atoms with Gasteiger partial charge in [0.2, 0.25) is 0 Å². The third kappa shape index (κ3) is 3.15. The molecule has 3 aromatic carbocycles. The van der Waals surface area contributed by atoms with Gasteiger partial charge < -0.3 is 4.90 Å². The minimum atomic E-state index is 0.0857. The summed E-state index contributed by atoms with van der Waals surface area (Å²) in [4.78, 5) is 15.1. The van der Waals surface area contributed by atoms with Gasteiger partial charge in [-0.05, 0) is 31.0 Å². The fourth-order valence-corrected chi connectivity index (χ4v) is 4.01. The molecule has 0 aromatic heterocycles. The number of hydrogen-bond acceptors (Lipinski definition) is 2. The van der Waals surface area contributed by atoms with Crippen molar-refractivity contribution in [2.45, 2.75) is 25.3 Å². The van der Waals surface area contributed by atoms with Crippen LogP contribution in [0.25, 0.3) is 0 Å². The van der Waals surface area contributed by atoms with Crippen molar-refractivity contribution in [3.8, 4) is 0 Å². The van der Waals surface area contributed by atoms with Gasteiger partial charge in [0.1, 0.15) is 0 Å². The molecule has 0 aliphatic carbocycles. The Balaban J connectivity index is 1.52. The van der Waals surface area contributed by atoms with E-state index in [2.05, 4.69) is 54.3 Å². The van der Waals surface area contributed by atoms with Crippen molar-refractivity contribution in [1.29, 1.82) is 0 Å². The van der Waals surface area contributed by atoms with Crippen molar-refractivity contribution in [2.24, 2.45) is 0 Å². The van der Waals surface area contributed by atoms with Crippen LogP contribution in [0.1, 0.15) is 40.7 Å². The highest BCUT2D eigenvalue weighted by molar-refractivity contribution is 6.08. The summed E-state index contributed by atoms with van der Waals surface area (Å²) in [5, 5.41) is 0. The van der Waals surface area contributed by atoms with Gasteiger partial charge in [0.05, 0.1) is 0 Å². The van der Waals surface area contributed by atoms with Crippen LogP contribution in [0.2, 0.25) is 0 Å². The molecule has 2 heteroatoms. The van der Waals surface area contributed by atoms with Gasteiger partial charge in [-0.2, -0.15) is 0 Å². The monoisotopic (exact) mass is 341 g/mol. The SMILES string of the molecule is C[C@@H]1[C@@H](c2ccc(C(=O)c3ccccc3)cc2)CCN1c1ccccc1. The molecule has 0 spiro atoms. The Kier molecular flexibility index (Phi) is 4.57. The Labute approximate surface area is 155 Å². The quantitative estimate of drug-likeness (QED) is 0.600. The molecule has 2 atom stereocenters. The third-order valence-electron chi connectivity index (χ3n) is 5.48. The third-order valence-corrected chi connectivity index (χ3v) is 5.48. The molecule has 0 unspecified atom stereocenters. The normalized spacial score (nSPS) is 19.5. The zero-order chi connectivity index (χ0) is 17.9. The van der Waals surface area contributed by atoms with Crippen molar-refractivity contribution in [3.63, 3.8) is 0 Å². The lowest BCUT2D eigenvalue weighted by molar-refractivity contribution is 0.103. The van der Waals surface area contributed by atoms with Crippen LogP contribution in [-0.2, 0) is 0 Å². The first-order chi connectivity index (χ1) is 12.7. The number of hydrogen-bond donors (Lipinski definition) is 0. The second-order valence-corrected chi connectivity index (χ2v) is 6.98. The van der Waals surface area contributed by atoms with Crippen LogP contribution in [0.15, 0.2) is 84.9 Å². The van der Waals surface area contributed by atoms with Gasteiger partial charge in [0, 0.05) is 35.3 Å². The summed E-state index contributed by atoms with van der Waals surface area (Å²) in [6.07, 6.45) is 1.14. The van der Waals surface area contributed by atoms with Gasteiger partial charge in [-0.15, -0.1) is 0 Å². The van der Waals surface area contributed by atoms with Crippen LogP contribution < -0.4 is 4.90 Å². The number of ketones is 1. The molecule has 1 saturated heterocycles. The first kappa shape index (κ1) is 16.6. The molecule has 1 heterocycles. The lowest BCUT2D eigenvalue weighted by atomic mass is 9.91. The topological polar surface area (TPSA) is 20.3 Å². The van der Waals surface area contributed by atoms with E-state index in [0.29, 0.717) is 12.0 Å². The lowest BCUT2D eigenvalue weighted by Gasteiger charge is -2.27. The number of carbonyl (C=O) groups excluding carboxylic acids is 1. The number of carbonyl (C=O) groups is 1. The molecule has 0 bridgehead atoms. The minimum Gasteiger partial charge on any atom is -0.368 e. The Bertz CT molecular complexity index is 871. The molecule has 26 heavy (non-hydrogen) atoms. The fourth-order valence-electron chi connectivity index (χ4n) is 4.01. The lowest BCUT2D eigenvalue weighted by Crippen LogP contribution is -2.29. The number of para-hydroxylation sites is 1. The highest BCUT2D eigenvalue weighted by atomic mass is 16.1.